The van der Waals surface area contributed by atoms with E-state index in [4.69, 9.17) is 4.74 Å². The molecule has 0 saturated carbocycles. The summed E-state index contributed by atoms with van der Waals surface area (Å²) >= 11 is 0. The number of hydrogen-bond donors (Lipinski definition) is 1. The molecule has 0 aromatic carbocycles. The molecule has 0 bridgehead atoms. The maximum absolute atomic E-state index is 5.09. The Morgan fingerprint density at radius 2 is 2.00 bits per heavy atom. The van der Waals surface area contributed by atoms with Gasteiger partial charge >= 0.3 is 0 Å². The van der Waals surface area contributed by atoms with Gasteiger partial charge in [0.05, 0.1) is 7.11 Å². The van der Waals surface area contributed by atoms with E-state index >= 15 is 0 Å². The van der Waals surface area contributed by atoms with E-state index in [-0.39, 0.29) is 0 Å². The third-order valence-corrected chi connectivity index (χ3v) is 3.53. The highest BCUT2D eigenvalue weighted by atomic mass is 16.5. The van der Waals surface area contributed by atoms with E-state index in [9.17, 15) is 0 Å². The van der Waals surface area contributed by atoms with Gasteiger partial charge in [0.25, 0.3) is 0 Å². The van der Waals surface area contributed by atoms with Crippen LogP contribution in [0.25, 0.3) is 0 Å². The number of methoxy groups -OCH3 is 1. The fourth-order valence-electron chi connectivity index (χ4n) is 2.41. The van der Waals surface area contributed by atoms with Gasteiger partial charge in [0.2, 0.25) is 11.8 Å². The lowest BCUT2D eigenvalue weighted by molar-refractivity contribution is 0.397. The minimum Gasteiger partial charge on any atom is -0.481 e. The summed E-state index contributed by atoms with van der Waals surface area (Å²) in [6.07, 6.45) is 6.04. The minimum absolute atomic E-state index is 0.556. The lowest BCUT2D eigenvalue weighted by Gasteiger charge is -2.17. The molecule has 0 radical (unpaired) electrons. The number of anilines is 2. The maximum atomic E-state index is 5.09. The van der Waals surface area contributed by atoms with Crippen molar-refractivity contribution in [2.45, 2.75) is 19.4 Å². The van der Waals surface area contributed by atoms with E-state index in [0.29, 0.717) is 18.4 Å². The number of pyridine rings is 1. The predicted octanol–water partition coefficient (Wildman–Crippen LogP) is 2.09. The topological polar surface area (TPSA) is 63.2 Å². The molecule has 0 unspecified atom stereocenters. The third kappa shape index (κ3) is 3.39. The molecule has 110 valence electrons. The van der Waals surface area contributed by atoms with E-state index in [1.807, 2.05) is 12.3 Å². The molecular formula is C15H19N5O. The molecule has 2 aromatic rings. The molecule has 1 saturated heterocycles. The molecule has 3 heterocycles. The van der Waals surface area contributed by atoms with Crippen LogP contribution in [0.15, 0.2) is 30.6 Å². The van der Waals surface area contributed by atoms with Crippen molar-refractivity contribution < 1.29 is 4.74 Å². The van der Waals surface area contributed by atoms with E-state index in [1.54, 1.807) is 19.4 Å². The van der Waals surface area contributed by atoms with Crippen molar-refractivity contribution in [3.8, 4) is 5.88 Å². The Bertz CT molecular complexity index is 598. The summed E-state index contributed by atoms with van der Waals surface area (Å²) in [5.74, 6) is 2.17. The predicted molar refractivity (Wildman–Crippen MR) is 81.6 cm³/mol. The second kappa shape index (κ2) is 6.39. The Balaban J connectivity index is 1.65. The Morgan fingerprint density at radius 3 is 2.81 bits per heavy atom. The summed E-state index contributed by atoms with van der Waals surface area (Å²) < 4.78 is 5.09. The molecule has 1 fully saturated rings. The fraction of sp³-hybridized carbons (Fsp3) is 0.400. The Morgan fingerprint density at radius 1 is 1.19 bits per heavy atom. The molecule has 0 spiro atoms. The maximum Gasteiger partial charge on any atom is 0.226 e. The van der Waals surface area contributed by atoms with Crippen molar-refractivity contribution in [2.75, 3.05) is 30.4 Å². The molecule has 0 amide bonds. The highest BCUT2D eigenvalue weighted by Crippen LogP contribution is 2.19. The monoisotopic (exact) mass is 285 g/mol. The molecule has 6 heteroatoms. The van der Waals surface area contributed by atoms with Gasteiger partial charge in [0.1, 0.15) is 5.82 Å². The average Bonchev–Trinajstić information content (AvgIpc) is 3.08. The molecule has 1 aliphatic rings. The van der Waals surface area contributed by atoms with Gasteiger partial charge in [-0.25, -0.2) is 9.97 Å². The van der Waals surface area contributed by atoms with Crippen LogP contribution in [0.3, 0.4) is 0 Å². The quantitative estimate of drug-likeness (QED) is 0.907. The molecule has 0 aliphatic carbocycles. The van der Waals surface area contributed by atoms with Crippen LogP contribution in [0.5, 0.6) is 5.88 Å². The number of hydrogen-bond acceptors (Lipinski definition) is 6. The molecule has 0 atom stereocenters. The number of nitrogens with zero attached hydrogens (tertiary/aromatic N) is 4. The summed E-state index contributed by atoms with van der Waals surface area (Å²) in [4.78, 5) is 15.2. The fourth-order valence-corrected chi connectivity index (χ4v) is 2.41. The Labute approximate surface area is 124 Å². The van der Waals surface area contributed by atoms with Gasteiger partial charge in [-0.15, -0.1) is 0 Å². The largest absolute Gasteiger partial charge is 0.481 e. The van der Waals surface area contributed by atoms with Gasteiger partial charge in [0, 0.05) is 38.1 Å². The summed E-state index contributed by atoms with van der Waals surface area (Å²) in [6.45, 7) is 2.86. The zero-order valence-electron chi connectivity index (χ0n) is 12.1. The minimum atomic E-state index is 0.556. The van der Waals surface area contributed by atoms with Crippen LogP contribution in [0, 0.1) is 0 Å². The van der Waals surface area contributed by atoms with Crippen molar-refractivity contribution >= 4 is 11.8 Å². The standard InChI is InChI=1S/C15H19N5O/c1-21-14-5-7-17-15(19-14)18-11-12-4-6-16-13(10-12)20-8-2-3-9-20/h4-7,10H,2-3,8-9,11H2,1H3,(H,17,18,19). The number of rotatable bonds is 5. The van der Waals surface area contributed by atoms with Crippen LogP contribution in [-0.2, 0) is 6.54 Å². The second-order valence-electron chi connectivity index (χ2n) is 4.99. The zero-order chi connectivity index (χ0) is 14.5. The molecule has 6 nitrogen and oxygen atoms in total. The molecule has 3 rings (SSSR count). The smallest absolute Gasteiger partial charge is 0.226 e. The summed E-state index contributed by atoms with van der Waals surface area (Å²) in [7, 11) is 1.59. The summed E-state index contributed by atoms with van der Waals surface area (Å²) in [5, 5.41) is 3.20. The highest BCUT2D eigenvalue weighted by Gasteiger charge is 2.13. The Hall–Kier alpha value is -2.37. The molecule has 2 aromatic heterocycles. The summed E-state index contributed by atoms with van der Waals surface area (Å²) in [5.41, 5.74) is 1.17. The first kappa shape index (κ1) is 13.6. The van der Waals surface area contributed by atoms with Crippen LogP contribution in [0.1, 0.15) is 18.4 Å². The van der Waals surface area contributed by atoms with Gasteiger partial charge in [-0.2, -0.15) is 4.98 Å². The van der Waals surface area contributed by atoms with Crippen LogP contribution in [0.4, 0.5) is 11.8 Å². The van der Waals surface area contributed by atoms with Crippen molar-refractivity contribution in [1.82, 2.24) is 15.0 Å². The van der Waals surface area contributed by atoms with Gasteiger partial charge in [0.15, 0.2) is 0 Å². The lowest BCUT2D eigenvalue weighted by atomic mass is 10.2. The normalized spacial score (nSPS) is 14.2. The van der Waals surface area contributed by atoms with Crippen molar-refractivity contribution in [1.29, 1.82) is 0 Å². The van der Waals surface area contributed by atoms with Gasteiger partial charge in [-0.1, -0.05) is 0 Å². The van der Waals surface area contributed by atoms with E-state index in [1.165, 1.54) is 18.4 Å². The van der Waals surface area contributed by atoms with Crippen molar-refractivity contribution in [3.63, 3.8) is 0 Å². The van der Waals surface area contributed by atoms with Crippen LogP contribution >= 0.6 is 0 Å². The van der Waals surface area contributed by atoms with Crippen molar-refractivity contribution in [3.05, 3.63) is 36.2 Å². The third-order valence-electron chi connectivity index (χ3n) is 3.53. The highest BCUT2D eigenvalue weighted by molar-refractivity contribution is 5.42. The zero-order valence-corrected chi connectivity index (χ0v) is 12.1. The number of aromatic nitrogens is 3. The first-order valence-corrected chi connectivity index (χ1v) is 7.16. The second-order valence-corrected chi connectivity index (χ2v) is 4.99. The molecule has 1 N–H and O–H groups in total. The van der Waals surface area contributed by atoms with Gasteiger partial charge in [-0.3, -0.25) is 0 Å². The van der Waals surface area contributed by atoms with Crippen LogP contribution in [-0.4, -0.2) is 35.2 Å². The van der Waals surface area contributed by atoms with E-state index < -0.39 is 0 Å². The number of ether oxygens (including phenoxy) is 1. The lowest BCUT2D eigenvalue weighted by Crippen LogP contribution is -2.19. The van der Waals surface area contributed by atoms with Crippen LogP contribution in [0.2, 0.25) is 0 Å². The van der Waals surface area contributed by atoms with Crippen molar-refractivity contribution in [2.24, 2.45) is 0 Å². The van der Waals surface area contributed by atoms with Gasteiger partial charge < -0.3 is 15.0 Å². The Kier molecular flexibility index (Phi) is 4.14. The molecule has 1 aliphatic heterocycles. The molecule has 21 heavy (non-hydrogen) atoms. The van der Waals surface area contributed by atoms with E-state index in [0.717, 1.165) is 18.9 Å². The SMILES string of the molecule is COc1ccnc(NCc2ccnc(N3CCCC3)c2)n1. The van der Waals surface area contributed by atoms with Crippen LogP contribution < -0.4 is 15.0 Å². The summed E-state index contributed by atoms with van der Waals surface area (Å²) in [6, 6.07) is 5.86. The first-order valence-electron chi connectivity index (χ1n) is 7.16. The number of nitrogens with one attached hydrogen (secondary N) is 1. The molecular weight excluding hydrogens is 266 g/mol. The average molecular weight is 285 g/mol. The van der Waals surface area contributed by atoms with E-state index in [2.05, 4.69) is 31.2 Å². The van der Waals surface area contributed by atoms with Gasteiger partial charge in [-0.05, 0) is 30.5 Å². The first-order chi connectivity index (χ1) is 10.3.